The first-order valence-corrected chi connectivity index (χ1v) is 3.93. The van der Waals surface area contributed by atoms with Crippen LogP contribution in [0.3, 0.4) is 0 Å². The molecule has 0 bridgehead atoms. The predicted molar refractivity (Wildman–Crippen MR) is 44.1 cm³/mol. The number of carbonyl (C=O) groups is 1. The zero-order chi connectivity index (χ0) is 8.85. The molecule has 0 radical (unpaired) electrons. The van der Waals surface area contributed by atoms with Crippen LogP contribution in [0.2, 0.25) is 0 Å². The summed E-state index contributed by atoms with van der Waals surface area (Å²) in [6, 6.07) is 0. The van der Waals surface area contributed by atoms with Gasteiger partial charge in [-0.2, -0.15) is 0 Å². The molecule has 0 aromatic carbocycles. The number of carbonyl (C=O) groups excluding carboxylic acids is 1. The molecule has 0 aromatic heterocycles. The van der Waals surface area contributed by atoms with Crippen molar-refractivity contribution in [1.82, 2.24) is 5.32 Å². The molecule has 0 saturated heterocycles. The lowest BCUT2D eigenvalue weighted by Gasteiger charge is -2.10. The van der Waals surface area contributed by atoms with E-state index in [2.05, 4.69) is 5.32 Å². The van der Waals surface area contributed by atoms with Crippen LogP contribution < -0.4 is 5.32 Å². The van der Waals surface area contributed by atoms with Gasteiger partial charge in [-0.3, -0.25) is 4.79 Å². The molecular formula is C8H17NO2. The highest BCUT2D eigenvalue weighted by Crippen LogP contribution is 1.90. The highest BCUT2D eigenvalue weighted by molar-refractivity contribution is 5.77. The van der Waals surface area contributed by atoms with Crippen molar-refractivity contribution in [2.75, 3.05) is 6.73 Å². The summed E-state index contributed by atoms with van der Waals surface area (Å²) in [7, 11) is 0. The van der Waals surface area contributed by atoms with E-state index >= 15 is 0 Å². The molecule has 66 valence electrons. The lowest BCUT2D eigenvalue weighted by atomic mass is 10.2. The third-order valence-electron chi connectivity index (χ3n) is 1.19. The Kier molecular flexibility index (Phi) is 4.86. The number of hydrogen-bond acceptors (Lipinski definition) is 2. The lowest BCUT2D eigenvalue weighted by molar-refractivity contribution is -0.126. The fourth-order valence-electron chi connectivity index (χ4n) is 0.484. The second-order valence-electron chi connectivity index (χ2n) is 3.06. The van der Waals surface area contributed by atoms with Gasteiger partial charge in [-0.15, -0.1) is 0 Å². The maximum Gasteiger partial charge on any atom is 0.224 e. The van der Waals surface area contributed by atoms with Gasteiger partial charge in [-0.1, -0.05) is 13.8 Å². The molecule has 0 unspecified atom stereocenters. The first-order valence-electron chi connectivity index (χ1n) is 3.93. The average molecular weight is 159 g/mol. The molecule has 3 nitrogen and oxygen atoms in total. The van der Waals surface area contributed by atoms with Crippen LogP contribution in [-0.4, -0.2) is 18.7 Å². The van der Waals surface area contributed by atoms with Crippen molar-refractivity contribution >= 4 is 5.91 Å². The van der Waals surface area contributed by atoms with Crippen LogP contribution in [-0.2, 0) is 9.53 Å². The molecule has 0 aliphatic rings. The van der Waals surface area contributed by atoms with Gasteiger partial charge in [0.25, 0.3) is 0 Å². The lowest BCUT2D eigenvalue weighted by Crippen LogP contribution is -2.30. The van der Waals surface area contributed by atoms with E-state index in [9.17, 15) is 4.79 Å². The van der Waals surface area contributed by atoms with E-state index in [0.29, 0.717) is 6.73 Å². The van der Waals surface area contributed by atoms with E-state index in [1.807, 2.05) is 27.7 Å². The van der Waals surface area contributed by atoms with Crippen molar-refractivity contribution in [2.24, 2.45) is 5.92 Å². The topological polar surface area (TPSA) is 38.3 Å². The van der Waals surface area contributed by atoms with Gasteiger partial charge in [0.05, 0.1) is 6.10 Å². The highest BCUT2D eigenvalue weighted by Gasteiger charge is 2.04. The van der Waals surface area contributed by atoms with Gasteiger partial charge in [0, 0.05) is 5.92 Å². The Bertz CT molecular complexity index is 121. The summed E-state index contributed by atoms with van der Waals surface area (Å²) in [6.45, 7) is 7.88. The quantitative estimate of drug-likeness (QED) is 0.625. The van der Waals surface area contributed by atoms with Crippen molar-refractivity contribution in [3.05, 3.63) is 0 Å². The summed E-state index contributed by atoms with van der Waals surface area (Å²) in [4.78, 5) is 10.9. The van der Waals surface area contributed by atoms with Crippen LogP contribution in [0.1, 0.15) is 27.7 Å². The van der Waals surface area contributed by atoms with E-state index < -0.39 is 0 Å². The second kappa shape index (κ2) is 5.13. The van der Waals surface area contributed by atoms with E-state index in [0.717, 1.165) is 0 Å². The molecule has 0 aliphatic carbocycles. The summed E-state index contributed by atoms with van der Waals surface area (Å²) >= 11 is 0. The Balaban J connectivity index is 3.32. The Morgan fingerprint density at radius 2 is 1.91 bits per heavy atom. The third-order valence-corrected chi connectivity index (χ3v) is 1.19. The first-order chi connectivity index (χ1) is 5.04. The van der Waals surface area contributed by atoms with Crippen molar-refractivity contribution in [1.29, 1.82) is 0 Å². The summed E-state index contributed by atoms with van der Waals surface area (Å²) < 4.78 is 5.13. The molecule has 11 heavy (non-hydrogen) atoms. The van der Waals surface area contributed by atoms with Crippen molar-refractivity contribution in [3.63, 3.8) is 0 Å². The minimum absolute atomic E-state index is 0.0330. The fraction of sp³-hybridized carbons (Fsp3) is 0.875. The minimum Gasteiger partial charge on any atom is -0.359 e. The Labute approximate surface area is 68.1 Å². The van der Waals surface area contributed by atoms with Gasteiger partial charge in [-0.25, -0.2) is 0 Å². The van der Waals surface area contributed by atoms with Crippen LogP contribution in [0.25, 0.3) is 0 Å². The van der Waals surface area contributed by atoms with Gasteiger partial charge in [0.15, 0.2) is 0 Å². The average Bonchev–Trinajstić information content (AvgIpc) is 1.86. The van der Waals surface area contributed by atoms with Crippen molar-refractivity contribution in [3.8, 4) is 0 Å². The molecular weight excluding hydrogens is 142 g/mol. The Morgan fingerprint density at radius 1 is 1.36 bits per heavy atom. The summed E-state index contributed by atoms with van der Waals surface area (Å²) in [5.74, 6) is 0.0661. The van der Waals surface area contributed by atoms with Gasteiger partial charge in [-0.05, 0) is 13.8 Å². The molecule has 3 heteroatoms. The minimum atomic E-state index is 0.0330. The Hall–Kier alpha value is -0.570. The number of amides is 1. The number of hydrogen-bond donors (Lipinski definition) is 1. The standard InChI is InChI=1S/C8H17NO2/c1-6(2)8(10)9-5-11-7(3)4/h6-7H,5H2,1-4H3,(H,9,10). The van der Waals surface area contributed by atoms with Crippen LogP contribution in [0.5, 0.6) is 0 Å². The van der Waals surface area contributed by atoms with Crippen LogP contribution in [0, 0.1) is 5.92 Å². The summed E-state index contributed by atoms with van der Waals surface area (Å²) in [5, 5.41) is 2.65. The zero-order valence-electron chi connectivity index (χ0n) is 7.68. The number of nitrogens with one attached hydrogen (secondary N) is 1. The summed E-state index contributed by atoms with van der Waals surface area (Å²) in [6.07, 6.45) is 0.169. The second-order valence-corrected chi connectivity index (χ2v) is 3.06. The van der Waals surface area contributed by atoms with Crippen LogP contribution in [0.4, 0.5) is 0 Å². The van der Waals surface area contributed by atoms with Crippen molar-refractivity contribution < 1.29 is 9.53 Å². The fourth-order valence-corrected chi connectivity index (χ4v) is 0.484. The number of ether oxygens (including phenoxy) is 1. The van der Waals surface area contributed by atoms with Gasteiger partial charge in [0.1, 0.15) is 6.73 Å². The van der Waals surface area contributed by atoms with E-state index in [4.69, 9.17) is 4.74 Å². The van der Waals surface area contributed by atoms with Crippen LogP contribution >= 0.6 is 0 Å². The molecule has 1 amide bonds. The molecule has 0 aromatic rings. The smallest absolute Gasteiger partial charge is 0.224 e. The molecule has 0 fully saturated rings. The van der Waals surface area contributed by atoms with Gasteiger partial charge < -0.3 is 10.1 Å². The first kappa shape index (κ1) is 10.4. The molecule has 0 heterocycles. The SMILES string of the molecule is CC(C)OCNC(=O)C(C)C. The van der Waals surface area contributed by atoms with E-state index in [1.54, 1.807) is 0 Å². The van der Waals surface area contributed by atoms with E-state index in [1.165, 1.54) is 0 Å². The monoisotopic (exact) mass is 159 g/mol. The Morgan fingerprint density at radius 3 is 2.27 bits per heavy atom. The van der Waals surface area contributed by atoms with E-state index in [-0.39, 0.29) is 17.9 Å². The van der Waals surface area contributed by atoms with Gasteiger partial charge >= 0.3 is 0 Å². The normalized spacial score (nSPS) is 10.7. The molecule has 1 N–H and O–H groups in total. The third kappa shape index (κ3) is 5.85. The summed E-state index contributed by atoms with van der Waals surface area (Å²) in [5.41, 5.74) is 0. The highest BCUT2D eigenvalue weighted by atomic mass is 16.5. The molecule has 0 spiro atoms. The van der Waals surface area contributed by atoms with Crippen molar-refractivity contribution in [2.45, 2.75) is 33.8 Å². The molecule has 0 rings (SSSR count). The predicted octanol–water partition coefficient (Wildman–Crippen LogP) is 1.14. The molecule has 0 saturated carbocycles. The largest absolute Gasteiger partial charge is 0.359 e. The zero-order valence-corrected chi connectivity index (χ0v) is 7.68. The maximum atomic E-state index is 10.9. The van der Waals surface area contributed by atoms with Crippen LogP contribution in [0.15, 0.2) is 0 Å². The van der Waals surface area contributed by atoms with Gasteiger partial charge in [0.2, 0.25) is 5.91 Å². The number of rotatable bonds is 4. The molecule has 0 atom stereocenters. The molecule has 0 aliphatic heterocycles. The maximum absolute atomic E-state index is 10.9.